The minimum Gasteiger partial charge on any atom is -0.351 e. The van der Waals surface area contributed by atoms with Crippen LogP contribution in [0.2, 0.25) is 0 Å². The highest BCUT2D eigenvalue weighted by Gasteiger charge is 2.38. The Morgan fingerprint density at radius 1 is 0.806 bits per heavy atom. The Balaban J connectivity index is 2.02. The Labute approximate surface area is 203 Å². The van der Waals surface area contributed by atoms with Gasteiger partial charge in [-0.2, -0.15) is 26.3 Å². The second-order valence-corrected chi connectivity index (χ2v) is 10.4. The predicted molar refractivity (Wildman–Crippen MR) is 118 cm³/mol. The van der Waals surface area contributed by atoms with Gasteiger partial charge in [-0.05, 0) is 42.5 Å². The van der Waals surface area contributed by atoms with Crippen molar-refractivity contribution in [1.29, 1.82) is 0 Å². The molecule has 0 radical (unpaired) electrons. The molecule has 0 heterocycles. The number of sulfonamides is 1. The molecule has 0 spiro atoms. The Kier molecular flexibility index (Phi) is 8.46. The topological polar surface area (TPSA) is 104 Å². The van der Waals surface area contributed by atoms with Crippen molar-refractivity contribution in [3.8, 4) is 0 Å². The summed E-state index contributed by atoms with van der Waals surface area (Å²) in [4.78, 5) is 23.0. The van der Waals surface area contributed by atoms with Crippen LogP contribution in [0, 0.1) is 5.41 Å². The van der Waals surface area contributed by atoms with Crippen LogP contribution in [-0.4, -0.2) is 33.3 Å². The molecule has 0 unspecified atom stereocenters. The Bertz CT molecular complexity index is 1190. The standard InChI is InChI=1S/C22H23F6N3O4S/c1-20(2,3)19(33)31-16-6-4-13(5-7-16)18(32)29-8-9-30-36(34,35)17-11-14(21(23,24)25)10-15(12-17)22(26,27)28/h4-7,10-12,30H,8-9H2,1-3H3,(H,29,32)(H,31,33). The van der Waals surface area contributed by atoms with Gasteiger partial charge in [0.05, 0.1) is 16.0 Å². The average molecular weight is 539 g/mol. The van der Waals surface area contributed by atoms with E-state index in [-0.39, 0.29) is 36.2 Å². The third kappa shape index (κ3) is 7.95. The molecule has 0 aliphatic rings. The van der Waals surface area contributed by atoms with E-state index in [0.29, 0.717) is 5.69 Å². The number of anilines is 1. The zero-order valence-electron chi connectivity index (χ0n) is 19.3. The predicted octanol–water partition coefficient (Wildman–Crippen LogP) is 4.42. The van der Waals surface area contributed by atoms with Gasteiger partial charge in [-0.3, -0.25) is 9.59 Å². The van der Waals surface area contributed by atoms with Gasteiger partial charge in [-0.25, -0.2) is 13.1 Å². The molecule has 2 aromatic rings. The SMILES string of the molecule is CC(C)(C)C(=O)Nc1ccc(C(=O)NCCNS(=O)(=O)c2cc(C(F)(F)F)cc(C(F)(F)F)c2)cc1. The highest BCUT2D eigenvalue weighted by atomic mass is 32.2. The lowest BCUT2D eigenvalue weighted by Crippen LogP contribution is -2.35. The van der Waals surface area contributed by atoms with Crippen molar-refractivity contribution >= 4 is 27.5 Å². The van der Waals surface area contributed by atoms with Crippen LogP contribution >= 0.6 is 0 Å². The van der Waals surface area contributed by atoms with Gasteiger partial charge < -0.3 is 10.6 Å². The first kappa shape index (κ1) is 29.1. The summed E-state index contributed by atoms with van der Waals surface area (Å²) in [5.74, 6) is -0.864. The van der Waals surface area contributed by atoms with Crippen LogP contribution in [-0.2, 0) is 27.2 Å². The van der Waals surface area contributed by atoms with E-state index < -0.39 is 56.3 Å². The molecule has 0 bridgehead atoms. The summed E-state index contributed by atoms with van der Waals surface area (Å²) >= 11 is 0. The van der Waals surface area contributed by atoms with Gasteiger partial charge in [-0.1, -0.05) is 20.8 Å². The maximum atomic E-state index is 13.0. The number of nitrogens with one attached hydrogen (secondary N) is 3. The number of halogens is 6. The van der Waals surface area contributed by atoms with Gasteiger partial charge in [0.1, 0.15) is 0 Å². The van der Waals surface area contributed by atoms with E-state index >= 15 is 0 Å². The first-order chi connectivity index (χ1) is 16.3. The summed E-state index contributed by atoms with van der Waals surface area (Å²) in [6.07, 6.45) is -10.4. The maximum Gasteiger partial charge on any atom is 0.416 e. The van der Waals surface area contributed by atoms with Crippen LogP contribution in [0.1, 0.15) is 42.3 Å². The smallest absolute Gasteiger partial charge is 0.351 e. The summed E-state index contributed by atoms with van der Waals surface area (Å²) in [6, 6.07) is 5.77. The van der Waals surface area contributed by atoms with Crippen molar-refractivity contribution in [1.82, 2.24) is 10.0 Å². The summed E-state index contributed by atoms with van der Waals surface area (Å²) in [5.41, 5.74) is -3.56. The number of hydrogen-bond donors (Lipinski definition) is 3. The lowest BCUT2D eigenvalue weighted by atomic mass is 9.95. The van der Waals surface area contributed by atoms with Crippen molar-refractivity contribution < 1.29 is 44.3 Å². The van der Waals surface area contributed by atoms with Crippen molar-refractivity contribution in [2.45, 2.75) is 38.0 Å². The third-order valence-electron chi connectivity index (χ3n) is 4.66. The Morgan fingerprint density at radius 2 is 1.31 bits per heavy atom. The first-order valence-corrected chi connectivity index (χ1v) is 11.8. The molecular formula is C22H23F6N3O4S. The maximum absolute atomic E-state index is 13.0. The molecule has 198 valence electrons. The van der Waals surface area contributed by atoms with E-state index in [0.717, 1.165) is 0 Å². The fourth-order valence-electron chi connectivity index (χ4n) is 2.65. The monoisotopic (exact) mass is 539 g/mol. The third-order valence-corrected chi connectivity index (χ3v) is 6.10. The minimum atomic E-state index is -5.20. The van der Waals surface area contributed by atoms with Gasteiger partial charge in [0.15, 0.2) is 0 Å². The fourth-order valence-corrected chi connectivity index (χ4v) is 3.75. The Morgan fingerprint density at radius 3 is 1.75 bits per heavy atom. The number of carbonyl (C=O) groups excluding carboxylic acids is 2. The highest BCUT2D eigenvalue weighted by Crippen LogP contribution is 2.37. The molecule has 2 amide bonds. The number of alkyl halides is 6. The Hall–Kier alpha value is -3.13. The van der Waals surface area contributed by atoms with E-state index in [2.05, 4.69) is 10.6 Å². The molecule has 2 aromatic carbocycles. The van der Waals surface area contributed by atoms with Gasteiger partial charge in [-0.15, -0.1) is 0 Å². The van der Waals surface area contributed by atoms with Crippen LogP contribution in [0.5, 0.6) is 0 Å². The zero-order valence-corrected chi connectivity index (χ0v) is 20.1. The summed E-state index contributed by atoms with van der Waals surface area (Å²) < 4.78 is 104. The average Bonchev–Trinajstić information content (AvgIpc) is 2.75. The van der Waals surface area contributed by atoms with Crippen LogP contribution in [0.3, 0.4) is 0 Å². The highest BCUT2D eigenvalue weighted by molar-refractivity contribution is 7.89. The number of carbonyl (C=O) groups is 2. The second kappa shape index (κ2) is 10.5. The van der Waals surface area contributed by atoms with Crippen molar-refractivity contribution in [3.63, 3.8) is 0 Å². The van der Waals surface area contributed by atoms with Crippen molar-refractivity contribution in [2.75, 3.05) is 18.4 Å². The van der Waals surface area contributed by atoms with Crippen molar-refractivity contribution in [3.05, 3.63) is 59.2 Å². The van der Waals surface area contributed by atoms with Gasteiger partial charge in [0.25, 0.3) is 5.91 Å². The number of hydrogen-bond acceptors (Lipinski definition) is 4. The molecule has 0 aliphatic carbocycles. The molecule has 36 heavy (non-hydrogen) atoms. The molecule has 0 aliphatic heterocycles. The van der Waals surface area contributed by atoms with Crippen LogP contribution in [0.4, 0.5) is 32.0 Å². The lowest BCUT2D eigenvalue weighted by molar-refractivity contribution is -0.143. The molecule has 14 heteroatoms. The van der Waals surface area contributed by atoms with E-state index in [9.17, 15) is 44.3 Å². The van der Waals surface area contributed by atoms with Crippen LogP contribution in [0.25, 0.3) is 0 Å². The quantitative estimate of drug-likeness (QED) is 0.358. The summed E-state index contributed by atoms with van der Waals surface area (Å²) in [6.45, 7) is 4.35. The summed E-state index contributed by atoms with van der Waals surface area (Å²) in [5, 5.41) is 5.04. The van der Waals surface area contributed by atoms with E-state index in [1.165, 1.54) is 24.3 Å². The van der Waals surface area contributed by atoms with Crippen LogP contribution < -0.4 is 15.4 Å². The fraction of sp³-hybridized carbons (Fsp3) is 0.364. The lowest BCUT2D eigenvalue weighted by Gasteiger charge is -2.17. The number of amides is 2. The second-order valence-electron chi connectivity index (χ2n) is 8.68. The van der Waals surface area contributed by atoms with E-state index in [1.54, 1.807) is 20.8 Å². The van der Waals surface area contributed by atoms with Crippen LogP contribution in [0.15, 0.2) is 47.4 Å². The molecular weight excluding hydrogens is 516 g/mol. The summed E-state index contributed by atoms with van der Waals surface area (Å²) in [7, 11) is -4.76. The number of rotatable bonds is 7. The molecule has 7 nitrogen and oxygen atoms in total. The molecule has 0 saturated heterocycles. The normalized spacial score (nSPS) is 12.8. The molecule has 3 N–H and O–H groups in total. The zero-order chi connectivity index (χ0) is 27.5. The molecule has 0 atom stereocenters. The molecule has 0 saturated carbocycles. The van der Waals surface area contributed by atoms with Gasteiger partial charge in [0.2, 0.25) is 15.9 Å². The van der Waals surface area contributed by atoms with E-state index in [1.807, 2.05) is 4.72 Å². The van der Waals surface area contributed by atoms with E-state index in [4.69, 9.17) is 0 Å². The minimum absolute atomic E-state index is 0.0934. The molecule has 2 rings (SSSR count). The molecule has 0 fully saturated rings. The van der Waals surface area contributed by atoms with Gasteiger partial charge in [0, 0.05) is 29.8 Å². The first-order valence-electron chi connectivity index (χ1n) is 10.3. The van der Waals surface area contributed by atoms with Crippen molar-refractivity contribution in [2.24, 2.45) is 5.41 Å². The van der Waals surface area contributed by atoms with Gasteiger partial charge >= 0.3 is 12.4 Å². The largest absolute Gasteiger partial charge is 0.416 e. The number of benzene rings is 2. The molecule has 0 aromatic heterocycles.